The number of anilines is 3. The topological polar surface area (TPSA) is 113 Å². The Hall–Kier alpha value is -4.16. The van der Waals surface area contributed by atoms with Crippen LogP contribution in [0.3, 0.4) is 0 Å². The molecule has 0 atom stereocenters. The smallest absolute Gasteiger partial charge is 0.413 e. The molecule has 11 nitrogen and oxygen atoms in total. The van der Waals surface area contributed by atoms with Gasteiger partial charge in [-0.2, -0.15) is 4.98 Å². The van der Waals surface area contributed by atoms with Crippen LogP contribution in [0.2, 0.25) is 0 Å². The van der Waals surface area contributed by atoms with Gasteiger partial charge in [0.15, 0.2) is 11.6 Å². The van der Waals surface area contributed by atoms with E-state index < -0.39 is 11.9 Å². The average Bonchev–Trinajstić information content (AvgIpc) is 2.95. The number of hydrogen-bond donors (Lipinski definition) is 2. The number of nitrogens with zero attached hydrogens (tertiary/aromatic N) is 5. The van der Waals surface area contributed by atoms with Crippen LogP contribution in [0, 0.1) is 5.82 Å². The number of benzene rings is 2. The van der Waals surface area contributed by atoms with Gasteiger partial charge in [0.25, 0.3) is 0 Å². The lowest BCUT2D eigenvalue weighted by Gasteiger charge is -2.32. The highest BCUT2D eigenvalue weighted by atomic mass is 19.1. The van der Waals surface area contributed by atoms with E-state index >= 15 is 0 Å². The van der Waals surface area contributed by atoms with Gasteiger partial charge in [-0.3, -0.25) is 4.90 Å². The first kappa shape index (κ1) is 28.8. The number of methoxy groups -OCH3 is 2. The number of piperazine rings is 1. The van der Waals surface area contributed by atoms with Crippen molar-refractivity contribution in [2.45, 2.75) is 13.0 Å². The molecule has 214 valence electrons. The molecule has 1 aliphatic rings. The normalized spacial score (nSPS) is 14.0. The first-order valence-electron chi connectivity index (χ1n) is 13.0. The van der Waals surface area contributed by atoms with Crippen molar-refractivity contribution < 1.29 is 28.5 Å². The molecule has 2 N–H and O–H groups in total. The standard InChI is InChI=1S/C28H35FN6O5/c1-33-12-14-34(15-13-33)11-4-16-40-25-7-5-21(18-23(25)29)31-27-30-10-9-26(32-27)35(28(36)37)19-20-17-22(38-2)6-8-24(20)39-3/h5-10,17-18H,4,11-16,19H2,1-3H3,(H,36,37)(H,30,31,32). The van der Waals surface area contributed by atoms with Crippen molar-refractivity contribution in [2.24, 2.45) is 0 Å². The summed E-state index contributed by atoms with van der Waals surface area (Å²) in [4.78, 5) is 26.4. The molecule has 1 aliphatic heterocycles. The van der Waals surface area contributed by atoms with Crippen LogP contribution < -0.4 is 24.4 Å². The van der Waals surface area contributed by atoms with E-state index in [0.717, 1.165) is 44.0 Å². The second-order valence-corrected chi connectivity index (χ2v) is 9.40. The fourth-order valence-electron chi connectivity index (χ4n) is 4.35. The third-order valence-corrected chi connectivity index (χ3v) is 6.62. The van der Waals surface area contributed by atoms with Gasteiger partial charge in [0.2, 0.25) is 5.95 Å². The lowest BCUT2D eigenvalue weighted by atomic mass is 10.1. The van der Waals surface area contributed by atoms with Crippen LogP contribution in [0.25, 0.3) is 0 Å². The van der Waals surface area contributed by atoms with Crippen molar-refractivity contribution >= 4 is 23.5 Å². The number of hydrogen-bond acceptors (Lipinski definition) is 9. The van der Waals surface area contributed by atoms with E-state index in [9.17, 15) is 14.3 Å². The Balaban J connectivity index is 1.38. The fourth-order valence-corrected chi connectivity index (χ4v) is 4.35. The van der Waals surface area contributed by atoms with Crippen molar-refractivity contribution in [1.29, 1.82) is 0 Å². The Morgan fingerprint density at radius 1 is 1.07 bits per heavy atom. The lowest BCUT2D eigenvalue weighted by Crippen LogP contribution is -2.44. The summed E-state index contributed by atoms with van der Waals surface area (Å²) in [5.74, 6) is 0.977. The number of ether oxygens (including phenoxy) is 3. The summed E-state index contributed by atoms with van der Waals surface area (Å²) in [5.41, 5.74) is 0.995. The largest absolute Gasteiger partial charge is 0.497 e. The molecule has 12 heteroatoms. The van der Waals surface area contributed by atoms with Gasteiger partial charge >= 0.3 is 6.09 Å². The molecule has 1 amide bonds. The molecular formula is C28H35FN6O5. The maximum absolute atomic E-state index is 14.7. The fraction of sp³-hybridized carbons (Fsp3) is 0.393. The van der Waals surface area contributed by atoms with Crippen LogP contribution in [0.5, 0.6) is 17.2 Å². The highest BCUT2D eigenvalue weighted by molar-refractivity contribution is 5.85. The van der Waals surface area contributed by atoms with E-state index in [1.54, 1.807) is 30.3 Å². The van der Waals surface area contributed by atoms with Gasteiger partial charge < -0.3 is 34.4 Å². The molecule has 0 bridgehead atoms. The number of halogens is 1. The minimum atomic E-state index is -1.21. The Kier molecular flexibility index (Phi) is 9.92. The average molecular weight is 555 g/mol. The van der Waals surface area contributed by atoms with Crippen molar-refractivity contribution in [3.8, 4) is 17.2 Å². The first-order chi connectivity index (χ1) is 19.4. The number of nitrogens with one attached hydrogen (secondary N) is 1. The number of amides is 1. The number of carboxylic acid groups (broad SMARTS) is 1. The van der Waals surface area contributed by atoms with Gasteiger partial charge in [0, 0.05) is 56.2 Å². The van der Waals surface area contributed by atoms with Gasteiger partial charge in [0.05, 0.1) is 27.4 Å². The van der Waals surface area contributed by atoms with Crippen LogP contribution in [-0.4, -0.2) is 91.6 Å². The summed E-state index contributed by atoms with van der Waals surface area (Å²) in [7, 11) is 5.16. The van der Waals surface area contributed by atoms with Crippen molar-refractivity contribution in [2.75, 3.05) is 70.8 Å². The predicted octanol–water partition coefficient (Wildman–Crippen LogP) is 4.08. The summed E-state index contributed by atoms with van der Waals surface area (Å²) >= 11 is 0. The third kappa shape index (κ3) is 7.70. The monoisotopic (exact) mass is 554 g/mol. The van der Waals surface area contributed by atoms with E-state index in [4.69, 9.17) is 14.2 Å². The Bertz CT molecular complexity index is 1290. The van der Waals surface area contributed by atoms with E-state index in [1.165, 1.54) is 32.5 Å². The van der Waals surface area contributed by atoms with Crippen LogP contribution >= 0.6 is 0 Å². The lowest BCUT2D eigenvalue weighted by molar-refractivity contribution is 0.145. The number of carbonyl (C=O) groups is 1. The summed E-state index contributed by atoms with van der Waals surface area (Å²) in [6, 6.07) is 11.1. The highest BCUT2D eigenvalue weighted by Crippen LogP contribution is 2.28. The predicted molar refractivity (Wildman–Crippen MR) is 150 cm³/mol. The maximum Gasteiger partial charge on any atom is 0.413 e. The molecule has 0 spiro atoms. The molecule has 40 heavy (non-hydrogen) atoms. The summed E-state index contributed by atoms with van der Waals surface area (Å²) in [6.45, 7) is 5.48. The zero-order valence-corrected chi connectivity index (χ0v) is 23.0. The molecule has 0 unspecified atom stereocenters. The number of rotatable bonds is 12. The SMILES string of the molecule is COc1ccc(OC)c(CN(C(=O)O)c2ccnc(Nc3ccc(OCCCN4CCN(C)CC4)c(F)c3)n2)c1. The van der Waals surface area contributed by atoms with Gasteiger partial charge in [-0.1, -0.05) is 0 Å². The van der Waals surface area contributed by atoms with E-state index in [2.05, 4.69) is 32.1 Å². The van der Waals surface area contributed by atoms with Gasteiger partial charge in [0.1, 0.15) is 17.3 Å². The quantitative estimate of drug-likeness (QED) is 0.318. The van der Waals surface area contributed by atoms with E-state index in [-0.39, 0.29) is 24.1 Å². The highest BCUT2D eigenvalue weighted by Gasteiger charge is 2.20. The number of likely N-dealkylation sites (N-methyl/N-ethyl adjacent to an activating group) is 1. The minimum Gasteiger partial charge on any atom is -0.497 e. The van der Waals surface area contributed by atoms with Crippen LogP contribution in [0.15, 0.2) is 48.7 Å². The van der Waals surface area contributed by atoms with Gasteiger partial charge in [-0.25, -0.2) is 14.2 Å². The van der Waals surface area contributed by atoms with Crippen LogP contribution in [0.1, 0.15) is 12.0 Å². The first-order valence-corrected chi connectivity index (χ1v) is 13.0. The van der Waals surface area contributed by atoms with E-state index in [0.29, 0.717) is 29.4 Å². The number of aromatic nitrogens is 2. The molecule has 0 saturated carbocycles. The molecule has 1 fully saturated rings. The second kappa shape index (κ2) is 13.8. The van der Waals surface area contributed by atoms with Crippen LogP contribution in [-0.2, 0) is 6.54 Å². The summed E-state index contributed by atoms with van der Waals surface area (Å²) in [6.07, 6.45) is 1.03. The zero-order valence-electron chi connectivity index (χ0n) is 23.0. The Labute approximate surface area is 233 Å². The van der Waals surface area contributed by atoms with Crippen molar-refractivity contribution in [3.63, 3.8) is 0 Å². The Morgan fingerprint density at radius 2 is 1.85 bits per heavy atom. The van der Waals surface area contributed by atoms with Crippen molar-refractivity contribution in [3.05, 3.63) is 60.0 Å². The molecule has 3 aromatic rings. The Morgan fingerprint density at radius 3 is 2.55 bits per heavy atom. The summed E-state index contributed by atoms with van der Waals surface area (Å²) < 4.78 is 31.0. The molecule has 4 rings (SSSR count). The zero-order chi connectivity index (χ0) is 28.5. The molecule has 2 aromatic carbocycles. The molecule has 0 aliphatic carbocycles. The van der Waals surface area contributed by atoms with Gasteiger partial charge in [-0.15, -0.1) is 0 Å². The maximum atomic E-state index is 14.7. The second-order valence-electron chi connectivity index (χ2n) is 9.40. The van der Waals surface area contributed by atoms with Crippen molar-refractivity contribution in [1.82, 2.24) is 19.8 Å². The minimum absolute atomic E-state index is 0.0400. The molecule has 0 radical (unpaired) electrons. The third-order valence-electron chi connectivity index (χ3n) is 6.62. The molecular weight excluding hydrogens is 519 g/mol. The van der Waals surface area contributed by atoms with Crippen LogP contribution in [0.4, 0.5) is 26.6 Å². The summed E-state index contributed by atoms with van der Waals surface area (Å²) in [5, 5.41) is 12.8. The molecule has 2 heterocycles. The molecule has 1 saturated heterocycles. The molecule has 1 aromatic heterocycles. The van der Waals surface area contributed by atoms with Gasteiger partial charge in [-0.05, 0) is 49.9 Å². The van der Waals surface area contributed by atoms with E-state index in [1.807, 2.05) is 0 Å².